The van der Waals surface area contributed by atoms with Gasteiger partial charge in [-0.2, -0.15) is 0 Å². The molecule has 4 nitrogen and oxygen atoms in total. The quantitative estimate of drug-likeness (QED) is 0.776. The Hall–Kier alpha value is -0.160. The predicted molar refractivity (Wildman–Crippen MR) is 74.9 cm³/mol. The lowest BCUT2D eigenvalue weighted by molar-refractivity contribution is -0.00474. The molecule has 1 aliphatic rings. The summed E-state index contributed by atoms with van der Waals surface area (Å²) in [5.74, 6) is 0. The van der Waals surface area contributed by atoms with E-state index < -0.39 is 5.60 Å². The number of ether oxygens (including phenoxy) is 1. The summed E-state index contributed by atoms with van der Waals surface area (Å²) in [5, 5.41) is 9.81. The Balaban J connectivity index is 2.23. The maximum absolute atomic E-state index is 9.81. The third-order valence-electron chi connectivity index (χ3n) is 3.66. The van der Waals surface area contributed by atoms with Gasteiger partial charge >= 0.3 is 0 Å². The van der Waals surface area contributed by atoms with Gasteiger partial charge in [-0.15, -0.1) is 0 Å². The van der Waals surface area contributed by atoms with E-state index in [-0.39, 0.29) is 5.60 Å². The van der Waals surface area contributed by atoms with Crippen LogP contribution in [0.25, 0.3) is 0 Å². The van der Waals surface area contributed by atoms with E-state index in [1.807, 2.05) is 13.8 Å². The van der Waals surface area contributed by atoms with Crippen LogP contribution in [0.4, 0.5) is 0 Å². The monoisotopic (exact) mass is 258 g/mol. The predicted octanol–water partition coefficient (Wildman–Crippen LogP) is 1.19. The summed E-state index contributed by atoms with van der Waals surface area (Å²) in [6.45, 7) is 14.2. The normalized spacial score (nSPS) is 20.3. The van der Waals surface area contributed by atoms with Crippen LogP contribution in [-0.2, 0) is 4.74 Å². The van der Waals surface area contributed by atoms with E-state index in [0.717, 1.165) is 45.7 Å². The molecule has 0 atom stereocenters. The van der Waals surface area contributed by atoms with Gasteiger partial charge < -0.3 is 14.7 Å². The Bertz CT molecular complexity index is 241. The summed E-state index contributed by atoms with van der Waals surface area (Å²) in [7, 11) is 1.78. The minimum absolute atomic E-state index is 0.0236. The Morgan fingerprint density at radius 3 is 1.94 bits per heavy atom. The molecule has 0 saturated carbocycles. The highest BCUT2D eigenvalue weighted by Crippen LogP contribution is 2.15. The molecular weight excluding hydrogens is 228 g/mol. The average molecular weight is 258 g/mol. The molecular formula is C14H30N2O2. The molecule has 1 fully saturated rings. The first kappa shape index (κ1) is 15.9. The average Bonchev–Trinajstić information content (AvgIpc) is 2.26. The molecule has 0 radical (unpaired) electrons. The van der Waals surface area contributed by atoms with Gasteiger partial charge in [0.25, 0.3) is 0 Å². The molecule has 1 aliphatic heterocycles. The molecule has 1 heterocycles. The molecule has 0 aromatic rings. The van der Waals surface area contributed by atoms with Crippen LogP contribution in [0, 0.1) is 0 Å². The molecule has 18 heavy (non-hydrogen) atoms. The molecule has 0 bridgehead atoms. The van der Waals surface area contributed by atoms with Crippen LogP contribution in [0.15, 0.2) is 0 Å². The standard InChI is InChI=1S/C14H30N2O2/c1-13(2,17)12-16-10-8-15(9-11-16)7-6-14(3,4)18-5/h17H,6-12H2,1-5H3. The van der Waals surface area contributed by atoms with Crippen molar-refractivity contribution in [2.45, 2.75) is 45.3 Å². The molecule has 108 valence electrons. The van der Waals surface area contributed by atoms with Crippen molar-refractivity contribution >= 4 is 0 Å². The zero-order chi connectivity index (χ0) is 13.8. The number of hydrogen-bond acceptors (Lipinski definition) is 4. The van der Waals surface area contributed by atoms with Gasteiger partial charge in [0.2, 0.25) is 0 Å². The molecule has 0 unspecified atom stereocenters. The van der Waals surface area contributed by atoms with Crippen molar-refractivity contribution in [2.24, 2.45) is 0 Å². The summed E-state index contributed by atoms with van der Waals surface area (Å²) in [6, 6.07) is 0. The van der Waals surface area contributed by atoms with Crippen molar-refractivity contribution < 1.29 is 9.84 Å². The summed E-state index contributed by atoms with van der Waals surface area (Å²) >= 11 is 0. The number of methoxy groups -OCH3 is 1. The lowest BCUT2D eigenvalue weighted by atomic mass is 10.0. The maximum Gasteiger partial charge on any atom is 0.0718 e. The second kappa shape index (κ2) is 6.33. The second-order valence-electron chi connectivity index (χ2n) is 6.64. The van der Waals surface area contributed by atoms with Crippen molar-refractivity contribution in [3.63, 3.8) is 0 Å². The number of nitrogens with zero attached hydrogens (tertiary/aromatic N) is 2. The van der Waals surface area contributed by atoms with Crippen molar-refractivity contribution in [1.29, 1.82) is 0 Å². The molecule has 0 amide bonds. The first-order chi connectivity index (χ1) is 8.22. The summed E-state index contributed by atoms with van der Waals surface area (Å²) in [6.07, 6.45) is 1.06. The molecule has 0 spiro atoms. The Morgan fingerprint density at radius 2 is 1.50 bits per heavy atom. The third-order valence-corrected chi connectivity index (χ3v) is 3.66. The Labute approximate surface area is 112 Å². The Morgan fingerprint density at radius 1 is 1.00 bits per heavy atom. The van der Waals surface area contributed by atoms with Crippen molar-refractivity contribution in [3.8, 4) is 0 Å². The minimum Gasteiger partial charge on any atom is -0.389 e. The zero-order valence-electron chi connectivity index (χ0n) is 12.7. The van der Waals surface area contributed by atoms with Crippen LogP contribution < -0.4 is 0 Å². The molecule has 1 N–H and O–H groups in total. The lowest BCUT2D eigenvalue weighted by Crippen LogP contribution is -2.51. The number of piperazine rings is 1. The van der Waals surface area contributed by atoms with E-state index in [4.69, 9.17) is 4.74 Å². The van der Waals surface area contributed by atoms with E-state index >= 15 is 0 Å². The number of aliphatic hydroxyl groups is 1. The van der Waals surface area contributed by atoms with Gasteiger partial charge in [-0.1, -0.05) is 0 Å². The zero-order valence-corrected chi connectivity index (χ0v) is 12.7. The van der Waals surface area contributed by atoms with E-state index in [2.05, 4.69) is 23.6 Å². The van der Waals surface area contributed by atoms with E-state index in [9.17, 15) is 5.11 Å². The summed E-state index contributed by atoms with van der Waals surface area (Å²) in [4.78, 5) is 4.83. The first-order valence-electron chi connectivity index (χ1n) is 6.94. The van der Waals surface area contributed by atoms with Crippen molar-refractivity contribution in [3.05, 3.63) is 0 Å². The highest BCUT2D eigenvalue weighted by molar-refractivity contribution is 4.79. The summed E-state index contributed by atoms with van der Waals surface area (Å²) < 4.78 is 5.45. The van der Waals surface area contributed by atoms with Crippen molar-refractivity contribution in [1.82, 2.24) is 9.80 Å². The maximum atomic E-state index is 9.81. The van der Waals surface area contributed by atoms with E-state index in [0.29, 0.717) is 0 Å². The molecule has 4 heteroatoms. The van der Waals surface area contributed by atoms with Crippen LogP contribution >= 0.6 is 0 Å². The van der Waals surface area contributed by atoms with Gasteiger partial charge in [0.05, 0.1) is 11.2 Å². The minimum atomic E-state index is -0.583. The van der Waals surface area contributed by atoms with Gasteiger partial charge in [-0.3, -0.25) is 4.90 Å². The highest BCUT2D eigenvalue weighted by atomic mass is 16.5. The fourth-order valence-electron chi connectivity index (χ4n) is 2.25. The van der Waals surface area contributed by atoms with E-state index in [1.54, 1.807) is 7.11 Å². The molecule has 0 aromatic heterocycles. The van der Waals surface area contributed by atoms with Gasteiger partial charge in [0, 0.05) is 46.4 Å². The van der Waals surface area contributed by atoms with Crippen LogP contribution in [0.1, 0.15) is 34.1 Å². The topological polar surface area (TPSA) is 35.9 Å². The van der Waals surface area contributed by atoms with Gasteiger partial charge in [-0.05, 0) is 34.1 Å². The summed E-state index contributed by atoms with van der Waals surface area (Å²) in [5.41, 5.74) is -0.607. The first-order valence-corrected chi connectivity index (χ1v) is 6.94. The molecule has 1 rings (SSSR count). The SMILES string of the molecule is COC(C)(C)CCN1CCN(CC(C)(C)O)CC1. The van der Waals surface area contributed by atoms with Crippen LogP contribution in [0.5, 0.6) is 0 Å². The van der Waals surface area contributed by atoms with Gasteiger partial charge in [0.1, 0.15) is 0 Å². The van der Waals surface area contributed by atoms with Crippen LogP contribution in [-0.4, -0.2) is 72.5 Å². The molecule has 0 aromatic carbocycles. The lowest BCUT2D eigenvalue weighted by Gasteiger charge is -2.38. The largest absolute Gasteiger partial charge is 0.389 e. The fraction of sp³-hybridized carbons (Fsp3) is 1.00. The van der Waals surface area contributed by atoms with Gasteiger partial charge in [-0.25, -0.2) is 0 Å². The van der Waals surface area contributed by atoms with Crippen LogP contribution in [0.2, 0.25) is 0 Å². The fourth-order valence-corrected chi connectivity index (χ4v) is 2.25. The van der Waals surface area contributed by atoms with Crippen molar-refractivity contribution in [2.75, 3.05) is 46.4 Å². The highest BCUT2D eigenvalue weighted by Gasteiger charge is 2.24. The molecule has 0 aliphatic carbocycles. The Kier molecular flexibility index (Phi) is 5.59. The van der Waals surface area contributed by atoms with Gasteiger partial charge in [0.15, 0.2) is 0 Å². The number of β-amino-alcohol motifs (C(OH)–C–C–N with tert-alkyl or cyclic N) is 1. The van der Waals surface area contributed by atoms with E-state index in [1.165, 1.54) is 0 Å². The van der Waals surface area contributed by atoms with Crippen LogP contribution in [0.3, 0.4) is 0 Å². The molecule has 1 saturated heterocycles. The number of hydrogen-bond donors (Lipinski definition) is 1. The number of rotatable bonds is 6. The smallest absolute Gasteiger partial charge is 0.0718 e. The third kappa shape index (κ3) is 6.14. The second-order valence-corrected chi connectivity index (χ2v) is 6.64.